The Morgan fingerprint density at radius 2 is 1.66 bits per heavy atom. The lowest BCUT2D eigenvalue weighted by Crippen LogP contribution is -2.25. The molecule has 1 atom stereocenters. The fourth-order valence-electron chi connectivity index (χ4n) is 3.74. The molecule has 0 aromatic heterocycles. The Bertz CT molecular complexity index is 1380. The summed E-state index contributed by atoms with van der Waals surface area (Å²) in [7, 11) is -3.08. The second kappa shape index (κ2) is 10.5. The van der Waals surface area contributed by atoms with Crippen molar-refractivity contribution >= 4 is 44.8 Å². The highest BCUT2D eigenvalue weighted by Gasteiger charge is 2.24. The summed E-state index contributed by atoms with van der Waals surface area (Å²) >= 11 is 1.55. The summed E-state index contributed by atoms with van der Waals surface area (Å²) in [5.74, 6) is -0.334. The van der Waals surface area contributed by atoms with Crippen LogP contribution in [-0.2, 0) is 9.84 Å². The number of thioether (sulfide) groups is 1. The van der Waals surface area contributed by atoms with Gasteiger partial charge in [0.2, 0.25) is 0 Å². The number of anilines is 2. The van der Waals surface area contributed by atoms with Crippen LogP contribution in [0.25, 0.3) is 0 Å². The number of fused-ring (bicyclic) bond motifs is 1. The zero-order chi connectivity index (χ0) is 25.0. The molecule has 0 spiro atoms. The third-order valence-corrected chi connectivity index (χ3v) is 7.90. The molecule has 1 heterocycles. The van der Waals surface area contributed by atoms with Crippen LogP contribution >= 0.6 is 11.8 Å². The van der Waals surface area contributed by atoms with Gasteiger partial charge in [0.05, 0.1) is 11.4 Å². The van der Waals surface area contributed by atoms with Gasteiger partial charge in [-0.2, -0.15) is 0 Å². The van der Waals surface area contributed by atoms with Crippen molar-refractivity contribution in [2.75, 3.05) is 22.2 Å². The van der Waals surface area contributed by atoms with Gasteiger partial charge in [0.1, 0.15) is 9.84 Å². The largest absolute Gasteiger partial charge is 0.322 e. The second-order valence-electron chi connectivity index (χ2n) is 8.41. The maximum absolute atomic E-state index is 13.4. The van der Waals surface area contributed by atoms with E-state index in [1.54, 1.807) is 53.2 Å². The van der Waals surface area contributed by atoms with E-state index in [-0.39, 0.29) is 22.8 Å². The van der Waals surface area contributed by atoms with E-state index in [1.807, 2.05) is 55.5 Å². The molecule has 1 aliphatic rings. The van der Waals surface area contributed by atoms with E-state index in [1.165, 1.54) is 6.26 Å². The van der Waals surface area contributed by atoms with Crippen molar-refractivity contribution in [3.63, 3.8) is 0 Å². The highest BCUT2D eigenvalue weighted by Crippen LogP contribution is 2.38. The van der Waals surface area contributed by atoms with Gasteiger partial charge in [-0.05, 0) is 61.4 Å². The number of hydrogen-bond donors (Lipinski definition) is 1. The van der Waals surface area contributed by atoms with Crippen LogP contribution in [0, 0.1) is 6.92 Å². The molecular formula is C27H26N2O4S2. The Morgan fingerprint density at radius 3 is 2.37 bits per heavy atom. The van der Waals surface area contributed by atoms with Crippen LogP contribution in [0.2, 0.25) is 0 Å². The normalized spacial score (nSPS) is 15.3. The molecule has 8 heteroatoms. The van der Waals surface area contributed by atoms with Crippen molar-refractivity contribution in [1.29, 1.82) is 0 Å². The van der Waals surface area contributed by atoms with Crippen molar-refractivity contribution in [3.8, 4) is 0 Å². The minimum atomic E-state index is -3.08. The Hall–Kier alpha value is -3.36. The number of carbonyl (C=O) groups is 2. The lowest BCUT2D eigenvalue weighted by molar-refractivity contribution is 0.0995. The van der Waals surface area contributed by atoms with Gasteiger partial charge < -0.3 is 5.32 Å². The first-order valence-corrected chi connectivity index (χ1v) is 14.1. The molecule has 35 heavy (non-hydrogen) atoms. The molecule has 1 aliphatic heterocycles. The zero-order valence-corrected chi connectivity index (χ0v) is 21.1. The Labute approximate surface area is 210 Å². The quantitative estimate of drug-likeness (QED) is 0.489. The van der Waals surface area contributed by atoms with E-state index in [0.717, 1.165) is 16.1 Å². The zero-order valence-electron chi connectivity index (χ0n) is 19.5. The van der Waals surface area contributed by atoms with Crippen LogP contribution < -0.4 is 10.2 Å². The van der Waals surface area contributed by atoms with Crippen LogP contribution in [-0.4, -0.2) is 37.5 Å². The number of sulfone groups is 1. The molecule has 2 amide bonds. The molecule has 6 nitrogen and oxygen atoms in total. The lowest BCUT2D eigenvalue weighted by atomic mass is 10.1. The first kappa shape index (κ1) is 24.8. The molecule has 0 saturated heterocycles. The van der Waals surface area contributed by atoms with E-state index >= 15 is 0 Å². The highest BCUT2D eigenvalue weighted by atomic mass is 32.2. The number of nitrogens with zero attached hydrogens (tertiary/aromatic N) is 1. The van der Waals surface area contributed by atoms with E-state index in [4.69, 9.17) is 0 Å². The predicted octanol–water partition coefficient (Wildman–Crippen LogP) is 5.32. The summed E-state index contributed by atoms with van der Waals surface area (Å²) in [4.78, 5) is 28.5. The third-order valence-electron chi connectivity index (χ3n) is 5.62. The maximum atomic E-state index is 13.4. The highest BCUT2D eigenvalue weighted by molar-refractivity contribution is 8.00. The summed E-state index contributed by atoms with van der Waals surface area (Å²) in [6.45, 7) is 1.88. The minimum Gasteiger partial charge on any atom is -0.322 e. The van der Waals surface area contributed by atoms with Gasteiger partial charge in [0.25, 0.3) is 11.8 Å². The van der Waals surface area contributed by atoms with Crippen LogP contribution in [0.4, 0.5) is 11.4 Å². The molecule has 180 valence electrons. The smallest absolute Gasteiger partial charge is 0.262 e. The summed E-state index contributed by atoms with van der Waals surface area (Å²) in [6.07, 6.45) is 5.30. The van der Waals surface area contributed by atoms with Gasteiger partial charge in [0.15, 0.2) is 0 Å². The van der Waals surface area contributed by atoms with Gasteiger partial charge in [-0.25, -0.2) is 8.42 Å². The number of hydrogen-bond acceptors (Lipinski definition) is 5. The number of nitrogens with one attached hydrogen (secondary N) is 1. The van der Waals surface area contributed by atoms with E-state index < -0.39 is 9.84 Å². The summed E-state index contributed by atoms with van der Waals surface area (Å²) in [5.41, 5.74) is 3.30. The van der Waals surface area contributed by atoms with Gasteiger partial charge in [-0.15, -0.1) is 11.8 Å². The number of para-hydroxylation sites is 1. The number of carbonyl (C=O) groups excluding carboxylic acids is 2. The van der Waals surface area contributed by atoms with Gasteiger partial charge in [-0.3, -0.25) is 14.5 Å². The minimum absolute atomic E-state index is 0.0669. The lowest BCUT2D eigenvalue weighted by Gasteiger charge is -2.20. The first-order valence-electron chi connectivity index (χ1n) is 11.1. The molecule has 0 saturated carbocycles. The maximum Gasteiger partial charge on any atom is 0.262 e. The number of aryl methyl sites for hydroxylation is 1. The molecule has 3 aromatic carbocycles. The van der Waals surface area contributed by atoms with Crippen LogP contribution in [0.5, 0.6) is 0 Å². The molecule has 0 bridgehead atoms. The second-order valence-corrected chi connectivity index (χ2v) is 11.9. The van der Waals surface area contributed by atoms with Gasteiger partial charge >= 0.3 is 0 Å². The topological polar surface area (TPSA) is 83.6 Å². The van der Waals surface area contributed by atoms with Gasteiger partial charge in [0, 0.05) is 39.4 Å². The molecule has 0 radical (unpaired) electrons. The van der Waals surface area contributed by atoms with Crippen molar-refractivity contribution in [1.82, 2.24) is 0 Å². The Balaban J connectivity index is 1.53. The molecule has 1 N–H and O–H groups in total. The SMILES string of the molecule is Cc1ccccc1C(=O)Nc1ccc(C(=O)N2C=CC(CCS(C)(=O)=O)Sc3ccccc32)cc1. The standard InChI is InChI=1S/C27H26N2O4S2/c1-19-7-3-4-8-23(19)26(30)28-21-13-11-20(12-14-21)27(31)29-17-15-22(16-18-35(2,32)33)34-25-10-6-5-9-24(25)29/h3-15,17,22H,16,18H2,1-2H3,(H,28,30). The van der Waals surface area contributed by atoms with Crippen molar-refractivity contribution < 1.29 is 18.0 Å². The molecule has 4 rings (SSSR count). The van der Waals surface area contributed by atoms with Crippen molar-refractivity contribution in [2.24, 2.45) is 0 Å². The molecule has 1 unspecified atom stereocenters. The summed E-state index contributed by atoms with van der Waals surface area (Å²) in [5, 5.41) is 2.81. The fraction of sp³-hybridized carbons (Fsp3) is 0.185. The number of benzene rings is 3. The average Bonchev–Trinajstić information content (AvgIpc) is 3.02. The molecule has 3 aromatic rings. The summed E-state index contributed by atoms with van der Waals surface area (Å²) < 4.78 is 23.3. The fourth-order valence-corrected chi connectivity index (χ4v) is 5.73. The third kappa shape index (κ3) is 6.21. The van der Waals surface area contributed by atoms with E-state index in [2.05, 4.69) is 5.32 Å². The first-order chi connectivity index (χ1) is 16.7. The van der Waals surface area contributed by atoms with Crippen molar-refractivity contribution in [3.05, 3.63) is 102 Å². The van der Waals surface area contributed by atoms with Crippen LogP contribution in [0.15, 0.2) is 90.0 Å². The average molecular weight is 507 g/mol. The summed E-state index contributed by atoms with van der Waals surface area (Å²) in [6, 6.07) is 21.7. The monoisotopic (exact) mass is 506 g/mol. The van der Waals surface area contributed by atoms with Crippen LogP contribution in [0.3, 0.4) is 0 Å². The number of amides is 2. The number of rotatable bonds is 6. The molecule has 0 fully saturated rings. The van der Waals surface area contributed by atoms with E-state index in [9.17, 15) is 18.0 Å². The Kier molecular flexibility index (Phi) is 7.42. The Morgan fingerprint density at radius 1 is 0.971 bits per heavy atom. The van der Waals surface area contributed by atoms with E-state index in [0.29, 0.717) is 23.2 Å². The molecule has 0 aliphatic carbocycles. The van der Waals surface area contributed by atoms with Gasteiger partial charge in [-0.1, -0.05) is 36.4 Å². The predicted molar refractivity (Wildman–Crippen MR) is 142 cm³/mol. The van der Waals surface area contributed by atoms with Crippen molar-refractivity contribution in [2.45, 2.75) is 23.5 Å². The molecular weight excluding hydrogens is 480 g/mol. The van der Waals surface area contributed by atoms with Crippen LogP contribution in [0.1, 0.15) is 32.7 Å².